The lowest BCUT2D eigenvalue weighted by molar-refractivity contribution is 0.270. The number of phenols is 1. The molecule has 154 valence electrons. The Labute approximate surface area is 183 Å². The fraction of sp³-hybridized carbons (Fsp3) is 0.172. The highest BCUT2D eigenvalue weighted by atomic mass is 16.5. The van der Waals surface area contributed by atoms with Gasteiger partial charge >= 0.3 is 0 Å². The van der Waals surface area contributed by atoms with Gasteiger partial charge in [0.2, 0.25) is 0 Å². The molecule has 0 amide bonds. The Morgan fingerprint density at radius 3 is 1.90 bits per heavy atom. The van der Waals surface area contributed by atoms with E-state index < -0.39 is 5.41 Å². The largest absolute Gasteiger partial charge is 0.508 e. The summed E-state index contributed by atoms with van der Waals surface area (Å²) >= 11 is 0. The van der Waals surface area contributed by atoms with Gasteiger partial charge in [0.05, 0.1) is 12.0 Å². The molecular formula is C29H26O2. The third-order valence-electron chi connectivity index (χ3n) is 6.08. The second-order valence-electron chi connectivity index (χ2n) is 8.62. The normalized spacial score (nSPS) is 13.6. The minimum absolute atomic E-state index is 0.269. The number of hydrogen-bond acceptors (Lipinski definition) is 2. The molecule has 2 heteroatoms. The van der Waals surface area contributed by atoms with Crippen molar-refractivity contribution in [3.63, 3.8) is 0 Å². The van der Waals surface area contributed by atoms with Gasteiger partial charge < -0.3 is 9.84 Å². The van der Waals surface area contributed by atoms with E-state index in [2.05, 4.69) is 86.6 Å². The van der Waals surface area contributed by atoms with Crippen molar-refractivity contribution in [3.8, 4) is 22.6 Å². The Balaban J connectivity index is 1.83. The summed E-state index contributed by atoms with van der Waals surface area (Å²) in [5, 5.41) is 10.4. The predicted octanol–water partition coefficient (Wildman–Crippen LogP) is 6.79. The van der Waals surface area contributed by atoms with Crippen LogP contribution in [0, 0.1) is 5.92 Å². The zero-order chi connectivity index (χ0) is 21.4. The summed E-state index contributed by atoms with van der Waals surface area (Å²) in [6.07, 6.45) is 0. The Morgan fingerprint density at radius 1 is 0.710 bits per heavy atom. The fourth-order valence-corrected chi connectivity index (χ4v) is 4.84. The number of phenolic OH excluding ortho intramolecular Hbond substituents is 1. The van der Waals surface area contributed by atoms with Crippen LogP contribution in [0.5, 0.6) is 11.5 Å². The van der Waals surface area contributed by atoms with Crippen LogP contribution in [-0.4, -0.2) is 11.7 Å². The van der Waals surface area contributed by atoms with Crippen molar-refractivity contribution in [3.05, 3.63) is 119 Å². The summed E-state index contributed by atoms with van der Waals surface area (Å²) in [6.45, 7) is 4.98. The van der Waals surface area contributed by atoms with Gasteiger partial charge in [0.1, 0.15) is 11.5 Å². The van der Waals surface area contributed by atoms with E-state index >= 15 is 0 Å². The molecule has 0 atom stereocenters. The van der Waals surface area contributed by atoms with Gasteiger partial charge in [-0.05, 0) is 63.6 Å². The maximum atomic E-state index is 10.4. The lowest BCUT2D eigenvalue weighted by atomic mass is 9.67. The molecule has 1 aliphatic carbocycles. The molecule has 31 heavy (non-hydrogen) atoms. The van der Waals surface area contributed by atoms with Crippen molar-refractivity contribution in [2.75, 3.05) is 6.61 Å². The summed E-state index contributed by atoms with van der Waals surface area (Å²) in [5.74, 6) is 1.59. The average Bonchev–Trinajstić information content (AvgIpc) is 3.09. The standard InChI is InChI=1S/C29H26O2/c1-20(2)19-31-24-12-8-10-22(18-24)29(21-9-7-11-23(30)17-21)27-15-5-3-13-25(27)26-14-4-6-16-28(26)29/h3-18,20,30H,19H2,1-2H3. The zero-order valence-corrected chi connectivity index (χ0v) is 17.9. The molecule has 0 radical (unpaired) electrons. The lowest BCUT2D eigenvalue weighted by Crippen LogP contribution is -2.28. The molecule has 0 saturated carbocycles. The lowest BCUT2D eigenvalue weighted by Gasteiger charge is -2.34. The quantitative estimate of drug-likeness (QED) is 0.348. The summed E-state index contributed by atoms with van der Waals surface area (Å²) in [7, 11) is 0. The first-order valence-electron chi connectivity index (χ1n) is 10.8. The van der Waals surface area contributed by atoms with E-state index in [1.54, 1.807) is 6.07 Å². The van der Waals surface area contributed by atoms with Gasteiger partial charge in [-0.3, -0.25) is 0 Å². The van der Waals surface area contributed by atoms with Crippen LogP contribution in [0.3, 0.4) is 0 Å². The minimum Gasteiger partial charge on any atom is -0.508 e. The average molecular weight is 407 g/mol. The summed E-state index contributed by atoms with van der Waals surface area (Å²) < 4.78 is 6.10. The molecule has 0 saturated heterocycles. The number of rotatable bonds is 5. The molecule has 2 nitrogen and oxygen atoms in total. The van der Waals surface area contributed by atoms with Gasteiger partial charge in [-0.15, -0.1) is 0 Å². The van der Waals surface area contributed by atoms with Crippen molar-refractivity contribution in [2.24, 2.45) is 5.92 Å². The summed E-state index contributed by atoms with van der Waals surface area (Å²) in [5.41, 5.74) is 6.57. The number of ether oxygens (including phenoxy) is 1. The monoisotopic (exact) mass is 406 g/mol. The third kappa shape index (κ3) is 3.11. The zero-order valence-electron chi connectivity index (χ0n) is 17.9. The van der Waals surface area contributed by atoms with Crippen LogP contribution in [0.4, 0.5) is 0 Å². The van der Waals surface area contributed by atoms with Crippen LogP contribution >= 0.6 is 0 Å². The molecule has 0 unspecified atom stereocenters. The van der Waals surface area contributed by atoms with Gasteiger partial charge in [-0.25, -0.2) is 0 Å². The van der Waals surface area contributed by atoms with E-state index in [4.69, 9.17) is 4.74 Å². The fourth-order valence-electron chi connectivity index (χ4n) is 4.84. The van der Waals surface area contributed by atoms with Gasteiger partial charge in [-0.2, -0.15) is 0 Å². The van der Waals surface area contributed by atoms with Crippen LogP contribution < -0.4 is 4.74 Å². The van der Waals surface area contributed by atoms with E-state index in [1.165, 1.54) is 22.3 Å². The summed E-state index contributed by atoms with van der Waals surface area (Å²) in [6, 6.07) is 33.3. The van der Waals surface area contributed by atoms with Crippen LogP contribution in [0.1, 0.15) is 36.1 Å². The van der Waals surface area contributed by atoms with Crippen LogP contribution in [0.2, 0.25) is 0 Å². The van der Waals surface area contributed by atoms with E-state index in [0.29, 0.717) is 12.5 Å². The van der Waals surface area contributed by atoms with Crippen LogP contribution in [0.15, 0.2) is 97.1 Å². The van der Waals surface area contributed by atoms with Crippen molar-refractivity contribution in [1.82, 2.24) is 0 Å². The Morgan fingerprint density at radius 2 is 1.29 bits per heavy atom. The van der Waals surface area contributed by atoms with Crippen molar-refractivity contribution in [2.45, 2.75) is 19.3 Å². The Kier molecular flexibility index (Phi) is 4.78. The molecule has 4 aromatic rings. The number of fused-ring (bicyclic) bond motifs is 3. The van der Waals surface area contributed by atoms with Crippen LogP contribution in [0.25, 0.3) is 11.1 Å². The number of aromatic hydroxyl groups is 1. The smallest absolute Gasteiger partial charge is 0.119 e. The first kappa shape index (κ1) is 19.4. The van der Waals surface area contributed by atoms with E-state index in [9.17, 15) is 5.11 Å². The minimum atomic E-state index is -0.525. The van der Waals surface area contributed by atoms with Crippen molar-refractivity contribution < 1.29 is 9.84 Å². The number of benzene rings is 4. The second-order valence-corrected chi connectivity index (χ2v) is 8.62. The van der Waals surface area contributed by atoms with E-state index in [0.717, 1.165) is 16.9 Å². The molecule has 0 fully saturated rings. The Bertz CT molecular complexity index is 1190. The van der Waals surface area contributed by atoms with Crippen molar-refractivity contribution in [1.29, 1.82) is 0 Å². The second kappa shape index (κ2) is 7.63. The highest BCUT2D eigenvalue weighted by molar-refractivity contribution is 5.86. The van der Waals surface area contributed by atoms with E-state index in [-0.39, 0.29) is 5.75 Å². The molecular weight excluding hydrogens is 380 g/mol. The van der Waals surface area contributed by atoms with E-state index in [1.807, 2.05) is 18.2 Å². The van der Waals surface area contributed by atoms with Gasteiger partial charge in [-0.1, -0.05) is 86.6 Å². The van der Waals surface area contributed by atoms with Gasteiger partial charge in [0.25, 0.3) is 0 Å². The summed E-state index contributed by atoms with van der Waals surface area (Å²) in [4.78, 5) is 0. The first-order chi connectivity index (χ1) is 15.1. The highest BCUT2D eigenvalue weighted by Crippen LogP contribution is 2.56. The molecule has 0 heterocycles. The van der Waals surface area contributed by atoms with Crippen molar-refractivity contribution >= 4 is 0 Å². The van der Waals surface area contributed by atoms with Gasteiger partial charge in [0.15, 0.2) is 0 Å². The molecule has 0 bridgehead atoms. The SMILES string of the molecule is CC(C)COc1cccc(C2(c3cccc(O)c3)c3ccccc3-c3ccccc32)c1. The first-order valence-corrected chi connectivity index (χ1v) is 10.8. The molecule has 5 rings (SSSR count). The molecule has 0 aliphatic heterocycles. The molecule has 0 spiro atoms. The Hall–Kier alpha value is -3.52. The molecule has 4 aromatic carbocycles. The highest BCUT2D eigenvalue weighted by Gasteiger charge is 2.46. The van der Waals surface area contributed by atoms with Crippen LogP contribution in [-0.2, 0) is 5.41 Å². The third-order valence-corrected chi connectivity index (χ3v) is 6.08. The van der Waals surface area contributed by atoms with Gasteiger partial charge in [0, 0.05) is 0 Å². The predicted molar refractivity (Wildman–Crippen MR) is 126 cm³/mol. The maximum Gasteiger partial charge on any atom is 0.119 e. The number of hydrogen-bond donors (Lipinski definition) is 1. The molecule has 1 N–H and O–H groups in total. The molecule has 0 aromatic heterocycles. The molecule has 1 aliphatic rings. The maximum absolute atomic E-state index is 10.4. The topological polar surface area (TPSA) is 29.5 Å².